The molecule has 2 heterocycles. The van der Waals surface area contributed by atoms with Gasteiger partial charge in [0.25, 0.3) is 5.91 Å². The number of carbonyl (C=O) groups excluding carboxylic acids is 2. The van der Waals surface area contributed by atoms with Crippen molar-refractivity contribution in [3.05, 3.63) is 53.9 Å². The number of amides is 1. The van der Waals surface area contributed by atoms with E-state index in [-0.39, 0.29) is 23.4 Å². The molecule has 3 rings (SSSR count). The van der Waals surface area contributed by atoms with Crippen molar-refractivity contribution in [2.45, 2.75) is 12.8 Å². The number of piperidine rings is 1. The van der Waals surface area contributed by atoms with Gasteiger partial charge in [-0.1, -0.05) is 0 Å². The molecule has 0 saturated carbocycles. The Balaban J connectivity index is 1.63. The first-order valence-electron chi connectivity index (χ1n) is 8.71. The molecule has 26 heavy (non-hydrogen) atoms. The van der Waals surface area contributed by atoms with Crippen LogP contribution in [0.25, 0.3) is 0 Å². The van der Waals surface area contributed by atoms with Crippen LogP contribution in [-0.4, -0.2) is 53.9 Å². The van der Waals surface area contributed by atoms with Crippen molar-refractivity contribution in [3.63, 3.8) is 0 Å². The molecule has 0 aliphatic carbocycles. The number of Topliss-reactive ketones (excluding diaryl/α,β-unsaturated/α-hetero) is 1. The monoisotopic (exact) mass is 353 g/mol. The van der Waals surface area contributed by atoms with Crippen LogP contribution in [0.1, 0.15) is 33.7 Å². The first kappa shape index (κ1) is 17.9. The Labute approximate surface area is 153 Å². The van der Waals surface area contributed by atoms with Crippen LogP contribution in [-0.2, 0) is 0 Å². The second kappa shape index (κ2) is 7.56. The SMILES string of the molecule is CN(C)c1ccnc(C(=O)N2CCC(C(=O)c3ccc(O)cc3)CC2)c1. The quantitative estimate of drug-likeness (QED) is 0.855. The number of aromatic hydroxyl groups is 1. The van der Waals surface area contributed by atoms with Gasteiger partial charge in [0, 0.05) is 50.6 Å². The Morgan fingerprint density at radius 2 is 1.77 bits per heavy atom. The van der Waals surface area contributed by atoms with Gasteiger partial charge in [0.1, 0.15) is 11.4 Å². The number of benzene rings is 1. The van der Waals surface area contributed by atoms with Gasteiger partial charge < -0.3 is 14.9 Å². The summed E-state index contributed by atoms with van der Waals surface area (Å²) >= 11 is 0. The van der Waals surface area contributed by atoms with Gasteiger partial charge in [-0.25, -0.2) is 0 Å². The van der Waals surface area contributed by atoms with E-state index in [4.69, 9.17) is 0 Å². The number of hydrogen-bond acceptors (Lipinski definition) is 5. The number of phenolic OH excluding ortho intramolecular Hbond substituents is 1. The lowest BCUT2D eigenvalue weighted by atomic mass is 9.88. The van der Waals surface area contributed by atoms with E-state index < -0.39 is 0 Å². The molecule has 1 aromatic carbocycles. The van der Waals surface area contributed by atoms with Gasteiger partial charge in [-0.05, 0) is 49.2 Å². The fourth-order valence-corrected chi connectivity index (χ4v) is 3.18. The van der Waals surface area contributed by atoms with Crippen molar-refractivity contribution in [3.8, 4) is 5.75 Å². The van der Waals surface area contributed by atoms with Crippen LogP contribution < -0.4 is 4.90 Å². The van der Waals surface area contributed by atoms with E-state index >= 15 is 0 Å². The lowest BCUT2D eigenvalue weighted by Crippen LogP contribution is -2.40. The van der Waals surface area contributed by atoms with Crippen LogP contribution in [0.4, 0.5) is 5.69 Å². The van der Waals surface area contributed by atoms with Crippen LogP contribution in [0.5, 0.6) is 5.75 Å². The largest absolute Gasteiger partial charge is 0.508 e. The van der Waals surface area contributed by atoms with E-state index in [1.165, 1.54) is 12.1 Å². The molecule has 1 amide bonds. The number of nitrogens with zero attached hydrogens (tertiary/aromatic N) is 3. The zero-order valence-electron chi connectivity index (χ0n) is 15.1. The minimum Gasteiger partial charge on any atom is -0.508 e. The van der Waals surface area contributed by atoms with Gasteiger partial charge in [-0.2, -0.15) is 0 Å². The summed E-state index contributed by atoms with van der Waals surface area (Å²) in [6.07, 6.45) is 2.92. The average Bonchev–Trinajstić information content (AvgIpc) is 2.67. The summed E-state index contributed by atoms with van der Waals surface area (Å²) in [6, 6.07) is 9.98. The minimum atomic E-state index is -0.0933. The average molecular weight is 353 g/mol. The molecule has 0 atom stereocenters. The highest BCUT2D eigenvalue weighted by molar-refractivity contribution is 5.98. The highest BCUT2D eigenvalue weighted by atomic mass is 16.3. The molecule has 1 saturated heterocycles. The fraction of sp³-hybridized carbons (Fsp3) is 0.350. The number of carbonyl (C=O) groups is 2. The fourth-order valence-electron chi connectivity index (χ4n) is 3.18. The predicted molar refractivity (Wildman–Crippen MR) is 99.6 cm³/mol. The highest BCUT2D eigenvalue weighted by Crippen LogP contribution is 2.24. The maximum Gasteiger partial charge on any atom is 0.272 e. The van der Waals surface area contributed by atoms with E-state index in [2.05, 4.69) is 4.98 Å². The summed E-state index contributed by atoms with van der Waals surface area (Å²) in [5.41, 5.74) is 1.97. The Kier molecular flexibility index (Phi) is 5.21. The van der Waals surface area contributed by atoms with Gasteiger partial charge in [0.2, 0.25) is 0 Å². The number of phenols is 1. The zero-order valence-corrected chi connectivity index (χ0v) is 15.1. The van der Waals surface area contributed by atoms with Gasteiger partial charge in [0.05, 0.1) is 0 Å². The normalized spacial score (nSPS) is 14.9. The maximum absolute atomic E-state index is 12.7. The summed E-state index contributed by atoms with van der Waals surface area (Å²) in [5, 5.41) is 9.34. The van der Waals surface area contributed by atoms with Crippen LogP contribution in [0.3, 0.4) is 0 Å². The van der Waals surface area contributed by atoms with Crippen molar-refractivity contribution in [2.24, 2.45) is 5.92 Å². The molecule has 0 spiro atoms. The standard InChI is InChI=1S/C20H23N3O3/c1-22(2)16-7-10-21-18(13-16)20(26)23-11-8-15(9-12-23)19(25)14-3-5-17(24)6-4-14/h3-7,10,13,15,24H,8-9,11-12H2,1-2H3. The molecule has 0 radical (unpaired) electrons. The third kappa shape index (κ3) is 3.85. The number of pyridine rings is 1. The van der Waals surface area contributed by atoms with Crippen molar-refractivity contribution >= 4 is 17.4 Å². The number of aromatic nitrogens is 1. The number of anilines is 1. The Hall–Kier alpha value is -2.89. The second-order valence-corrected chi connectivity index (χ2v) is 6.77. The van der Waals surface area contributed by atoms with Gasteiger partial charge in [-0.3, -0.25) is 14.6 Å². The molecule has 1 aromatic heterocycles. The van der Waals surface area contributed by atoms with Crippen molar-refractivity contribution in [1.29, 1.82) is 0 Å². The van der Waals surface area contributed by atoms with Crippen LogP contribution in [0.2, 0.25) is 0 Å². The Morgan fingerprint density at radius 3 is 2.38 bits per heavy atom. The molecule has 6 nitrogen and oxygen atoms in total. The number of likely N-dealkylation sites (tertiary alicyclic amines) is 1. The summed E-state index contributed by atoms with van der Waals surface area (Å²) in [7, 11) is 3.84. The van der Waals surface area contributed by atoms with Gasteiger partial charge in [-0.15, -0.1) is 0 Å². The molecule has 2 aromatic rings. The molecule has 0 bridgehead atoms. The number of hydrogen-bond donors (Lipinski definition) is 1. The zero-order chi connectivity index (χ0) is 18.7. The summed E-state index contributed by atoms with van der Waals surface area (Å²) in [6.45, 7) is 1.09. The lowest BCUT2D eigenvalue weighted by Gasteiger charge is -2.31. The summed E-state index contributed by atoms with van der Waals surface area (Å²) in [5.74, 6) is 0.0353. The topological polar surface area (TPSA) is 73.7 Å². The smallest absolute Gasteiger partial charge is 0.272 e. The predicted octanol–water partition coefficient (Wildman–Crippen LogP) is 2.59. The molecule has 1 N–H and O–H groups in total. The Morgan fingerprint density at radius 1 is 1.12 bits per heavy atom. The molecule has 1 aliphatic rings. The molecular weight excluding hydrogens is 330 g/mol. The first-order valence-corrected chi connectivity index (χ1v) is 8.71. The van der Waals surface area contributed by atoms with E-state index in [0.29, 0.717) is 37.2 Å². The van der Waals surface area contributed by atoms with Crippen LogP contribution >= 0.6 is 0 Å². The molecule has 6 heteroatoms. The third-order valence-corrected chi connectivity index (χ3v) is 4.78. The van der Waals surface area contributed by atoms with Gasteiger partial charge in [0.15, 0.2) is 5.78 Å². The lowest BCUT2D eigenvalue weighted by molar-refractivity contribution is 0.0645. The van der Waals surface area contributed by atoms with Gasteiger partial charge >= 0.3 is 0 Å². The molecular formula is C20H23N3O3. The second-order valence-electron chi connectivity index (χ2n) is 6.77. The van der Waals surface area contributed by atoms with E-state index in [0.717, 1.165) is 5.69 Å². The number of rotatable bonds is 4. The first-order chi connectivity index (χ1) is 12.5. The summed E-state index contributed by atoms with van der Waals surface area (Å²) < 4.78 is 0. The Bertz CT molecular complexity index is 794. The number of ketones is 1. The maximum atomic E-state index is 12.7. The van der Waals surface area contributed by atoms with Crippen LogP contribution in [0.15, 0.2) is 42.6 Å². The third-order valence-electron chi connectivity index (χ3n) is 4.78. The van der Waals surface area contributed by atoms with Crippen LogP contribution in [0, 0.1) is 5.92 Å². The molecule has 136 valence electrons. The summed E-state index contributed by atoms with van der Waals surface area (Å²) in [4.78, 5) is 33.2. The molecule has 0 unspecified atom stereocenters. The minimum absolute atomic E-state index is 0.0739. The van der Waals surface area contributed by atoms with Crippen molar-refractivity contribution < 1.29 is 14.7 Å². The van der Waals surface area contributed by atoms with E-state index in [1.54, 1.807) is 29.3 Å². The van der Waals surface area contributed by atoms with E-state index in [9.17, 15) is 14.7 Å². The van der Waals surface area contributed by atoms with E-state index in [1.807, 2.05) is 25.1 Å². The molecule has 1 fully saturated rings. The molecule has 1 aliphatic heterocycles. The van der Waals surface area contributed by atoms with Crippen molar-refractivity contribution in [2.75, 3.05) is 32.1 Å². The van der Waals surface area contributed by atoms with Crippen molar-refractivity contribution in [1.82, 2.24) is 9.88 Å². The highest BCUT2D eigenvalue weighted by Gasteiger charge is 2.29.